The number of carbonyl (C=O) groups excluding carboxylic acids is 1. The average Bonchev–Trinajstić information content (AvgIpc) is 2.29. The van der Waals surface area contributed by atoms with E-state index >= 15 is 0 Å². The summed E-state index contributed by atoms with van der Waals surface area (Å²) < 4.78 is 10.5. The minimum Gasteiger partial charge on any atom is -0.478 e. The lowest BCUT2D eigenvalue weighted by Gasteiger charge is -2.23. The fourth-order valence-electron chi connectivity index (χ4n) is 1.40. The summed E-state index contributed by atoms with van der Waals surface area (Å²) in [6.07, 6.45) is 1.63. The molecule has 1 aromatic rings. The minimum atomic E-state index is -0.482. The van der Waals surface area contributed by atoms with Crippen molar-refractivity contribution in [1.29, 1.82) is 0 Å². The Morgan fingerprint density at radius 3 is 2.58 bits per heavy atom. The smallest absolute Gasteiger partial charge is 0.328 e. The Bertz CT molecular complexity index is 410. The van der Waals surface area contributed by atoms with Gasteiger partial charge in [0, 0.05) is 6.07 Å². The number of hydrogen-bond acceptors (Lipinski definition) is 5. The highest BCUT2D eigenvalue weighted by Crippen LogP contribution is 2.14. The fourth-order valence-corrected chi connectivity index (χ4v) is 1.40. The van der Waals surface area contributed by atoms with Gasteiger partial charge in [0.15, 0.2) is 0 Å². The van der Waals surface area contributed by atoms with Crippen LogP contribution in [-0.4, -0.2) is 29.2 Å². The lowest BCUT2D eigenvalue weighted by atomic mass is 10.2. The molecule has 0 saturated heterocycles. The van der Waals surface area contributed by atoms with Crippen molar-refractivity contribution in [2.24, 2.45) is 0 Å². The van der Waals surface area contributed by atoms with Crippen molar-refractivity contribution in [3.8, 4) is 5.88 Å². The number of esters is 1. The number of anilines is 1. The van der Waals surface area contributed by atoms with Gasteiger partial charge < -0.3 is 14.8 Å². The van der Waals surface area contributed by atoms with E-state index in [1.807, 2.05) is 33.8 Å². The van der Waals surface area contributed by atoms with Crippen molar-refractivity contribution in [3.63, 3.8) is 0 Å². The van der Waals surface area contributed by atoms with Gasteiger partial charge in [-0.15, -0.1) is 0 Å². The van der Waals surface area contributed by atoms with E-state index in [1.165, 1.54) is 0 Å². The van der Waals surface area contributed by atoms with Gasteiger partial charge in [-0.2, -0.15) is 0 Å². The van der Waals surface area contributed by atoms with Crippen LogP contribution >= 0.6 is 0 Å². The lowest BCUT2D eigenvalue weighted by molar-refractivity contribution is -0.155. The summed E-state index contributed by atoms with van der Waals surface area (Å²) in [4.78, 5) is 15.9. The molecule has 0 radical (unpaired) electrons. The van der Waals surface area contributed by atoms with E-state index in [4.69, 9.17) is 9.47 Å². The number of carbonyl (C=O) groups is 1. The summed E-state index contributed by atoms with van der Waals surface area (Å²) in [5.41, 5.74) is 0.270. The zero-order chi connectivity index (χ0) is 14.5. The van der Waals surface area contributed by atoms with Crippen molar-refractivity contribution in [3.05, 3.63) is 18.3 Å². The maximum Gasteiger partial charge on any atom is 0.328 e. The highest BCUT2D eigenvalue weighted by atomic mass is 16.6. The Morgan fingerprint density at radius 2 is 2.11 bits per heavy atom. The Balaban J connectivity index is 2.56. The molecule has 1 rings (SSSR count). The number of rotatable bonds is 5. The quantitative estimate of drug-likeness (QED) is 0.830. The molecular weight excluding hydrogens is 244 g/mol. The third-order valence-corrected chi connectivity index (χ3v) is 2.17. The molecule has 5 heteroatoms. The molecule has 0 aliphatic rings. The molecule has 1 heterocycles. The Kier molecular flexibility index (Phi) is 5.15. The highest BCUT2D eigenvalue weighted by molar-refractivity contribution is 5.79. The first-order valence-electron chi connectivity index (χ1n) is 6.40. The zero-order valence-corrected chi connectivity index (χ0v) is 12.2. The van der Waals surface area contributed by atoms with E-state index in [9.17, 15) is 4.79 Å². The van der Waals surface area contributed by atoms with Crippen LogP contribution in [0.3, 0.4) is 0 Å². The van der Waals surface area contributed by atoms with Gasteiger partial charge in [-0.1, -0.05) is 0 Å². The number of nitrogens with zero attached hydrogens (tertiary/aromatic N) is 1. The maximum atomic E-state index is 11.8. The first kappa shape index (κ1) is 15.3. The van der Waals surface area contributed by atoms with E-state index in [0.717, 1.165) is 5.69 Å². The molecule has 1 atom stereocenters. The zero-order valence-electron chi connectivity index (χ0n) is 12.2. The molecule has 1 aromatic heterocycles. The largest absolute Gasteiger partial charge is 0.478 e. The molecule has 0 bridgehead atoms. The van der Waals surface area contributed by atoms with Crippen LogP contribution in [0.15, 0.2) is 18.3 Å². The number of ether oxygens (including phenoxy) is 2. The van der Waals surface area contributed by atoms with E-state index in [-0.39, 0.29) is 5.97 Å². The van der Waals surface area contributed by atoms with Gasteiger partial charge in [-0.05, 0) is 40.7 Å². The molecule has 1 N–H and O–H groups in total. The number of hydrogen-bond donors (Lipinski definition) is 1. The second-order valence-corrected chi connectivity index (χ2v) is 5.22. The molecule has 1 unspecified atom stereocenters. The summed E-state index contributed by atoms with van der Waals surface area (Å²) >= 11 is 0. The highest BCUT2D eigenvalue weighted by Gasteiger charge is 2.21. The van der Waals surface area contributed by atoms with Gasteiger partial charge in [-0.25, -0.2) is 9.78 Å². The average molecular weight is 266 g/mol. The van der Waals surface area contributed by atoms with Crippen molar-refractivity contribution in [1.82, 2.24) is 4.98 Å². The number of nitrogens with one attached hydrogen (secondary N) is 1. The second-order valence-electron chi connectivity index (χ2n) is 5.22. The van der Waals surface area contributed by atoms with E-state index in [2.05, 4.69) is 10.3 Å². The number of pyridine rings is 1. The fraction of sp³-hybridized carbons (Fsp3) is 0.571. The van der Waals surface area contributed by atoms with Crippen LogP contribution in [0.5, 0.6) is 5.88 Å². The van der Waals surface area contributed by atoms with Crippen LogP contribution in [0.4, 0.5) is 5.69 Å². The molecule has 5 nitrogen and oxygen atoms in total. The third kappa shape index (κ3) is 5.59. The third-order valence-electron chi connectivity index (χ3n) is 2.17. The van der Waals surface area contributed by atoms with Gasteiger partial charge in [-0.3, -0.25) is 0 Å². The summed E-state index contributed by atoms with van der Waals surface area (Å²) in [7, 11) is 0. The normalized spacial score (nSPS) is 12.7. The van der Waals surface area contributed by atoms with Crippen molar-refractivity contribution in [2.45, 2.75) is 46.3 Å². The van der Waals surface area contributed by atoms with Gasteiger partial charge in [0.25, 0.3) is 0 Å². The molecule has 0 amide bonds. The monoisotopic (exact) mass is 266 g/mol. The molecule has 106 valence electrons. The standard InChI is InChI=1S/C14H22N2O3/c1-6-18-12-8-7-11(9-15-12)16-10(2)13(17)19-14(3,4)5/h7-10,16H,6H2,1-5H3. The summed E-state index contributed by atoms with van der Waals surface area (Å²) in [6, 6.07) is 3.14. The van der Waals surface area contributed by atoms with Crippen molar-refractivity contribution in [2.75, 3.05) is 11.9 Å². The molecule has 0 aromatic carbocycles. The van der Waals surface area contributed by atoms with Gasteiger partial charge in [0.1, 0.15) is 11.6 Å². The van der Waals surface area contributed by atoms with E-state index < -0.39 is 11.6 Å². The molecule has 0 spiro atoms. The molecule has 19 heavy (non-hydrogen) atoms. The minimum absolute atomic E-state index is 0.290. The van der Waals surface area contributed by atoms with Crippen LogP contribution in [0.25, 0.3) is 0 Å². The maximum absolute atomic E-state index is 11.8. The van der Waals surface area contributed by atoms with E-state index in [1.54, 1.807) is 19.2 Å². The lowest BCUT2D eigenvalue weighted by Crippen LogP contribution is -2.34. The van der Waals surface area contributed by atoms with Crippen LogP contribution in [-0.2, 0) is 9.53 Å². The van der Waals surface area contributed by atoms with Crippen molar-refractivity contribution < 1.29 is 14.3 Å². The SMILES string of the molecule is CCOc1ccc(NC(C)C(=O)OC(C)(C)C)cn1. The summed E-state index contributed by atoms with van der Waals surface area (Å²) in [6.45, 7) is 9.76. The molecule has 0 aliphatic carbocycles. The molecule has 0 aliphatic heterocycles. The van der Waals surface area contributed by atoms with Crippen LogP contribution in [0, 0.1) is 0 Å². The first-order valence-corrected chi connectivity index (χ1v) is 6.40. The molecular formula is C14H22N2O3. The van der Waals surface area contributed by atoms with Crippen LogP contribution in [0.2, 0.25) is 0 Å². The topological polar surface area (TPSA) is 60.5 Å². The molecule has 0 saturated carbocycles. The van der Waals surface area contributed by atoms with Gasteiger partial charge in [0.2, 0.25) is 5.88 Å². The molecule has 0 fully saturated rings. The predicted molar refractivity (Wildman–Crippen MR) is 74.3 cm³/mol. The number of aromatic nitrogens is 1. The van der Waals surface area contributed by atoms with E-state index in [0.29, 0.717) is 12.5 Å². The second kappa shape index (κ2) is 6.41. The summed E-state index contributed by atoms with van der Waals surface area (Å²) in [5, 5.41) is 3.04. The van der Waals surface area contributed by atoms with Gasteiger partial charge >= 0.3 is 5.97 Å². The predicted octanol–water partition coefficient (Wildman–Crippen LogP) is 2.62. The summed E-state index contributed by atoms with van der Waals surface area (Å²) in [5.74, 6) is 0.277. The Labute approximate surface area is 114 Å². The van der Waals surface area contributed by atoms with Gasteiger partial charge in [0.05, 0.1) is 18.5 Å². The Morgan fingerprint density at radius 1 is 1.42 bits per heavy atom. The van der Waals surface area contributed by atoms with Crippen LogP contribution < -0.4 is 10.1 Å². The Hall–Kier alpha value is -1.78. The van der Waals surface area contributed by atoms with Crippen LogP contribution in [0.1, 0.15) is 34.6 Å². The first-order chi connectivity index (χ1) is 8.81. The van der Waals surface area contributed by atoms with Crippen molar-refractivity contribution >= 4 is 11.7 Å².